The number of alkyl halides is 1. The van der Waals surface area contributed by atoms with Gasteiger partial charge in [0.1, 0.15) is 6.10 Å². The molecule has 0 aliphatic carbocycles. The van der Waals surface area contributed by atoms with E-state index in [4.69, 9.17) is 15.9 Å². The summed E-state index contributed by atoms with van der Waals surface area (Å²) < 4.78 is 12.2. The molecule has 0 aliphatic heterocycles. The summed E-state index contributed by atoms with van der Waals surface area (Å²) in [7, 11) is 0. The zero-order valence-corrected chi connectivity index (χ0v) is 8.43. The zero-order valence-electron chi connectivity index (χ0n) is 8.43. The summed E-state index contributed by atoms with van der Waals surface area (Å²) in [5, 5.41) is 29.0. The number of nitrogens with one attached hydrogen (secondary N) is 1. The molecule has 4 unspecified atom stereocenters. The maximum atomic E-state index is 12.2. The molecule has 1 amide bonds. The fourth-order valence-electron chi connectivity index (χ4n) is 1.12. The van der Waals surface area contributed by atoms with Gasteiger partial charge in [-0.2, -0.15) is 0 Å². The van der Waals surface area contributed by atoms with Crippen molar-refractivity contribution < 1.29 is 24.5 Å². The monoisotopic (exact) mass is 224 g/mol. The van der Waals surface area contributed by atoms with Gasteiger partial charge in [-0.25, -0.2) is 4.39 Å². The van der Waals surface area contributed by atoms with E-state index in [9.17, 15) is 14.3 Å². The molecule has 15 heavy (non-hydrogen) atoms. The van der Waals surface area contributed by atoms with E-state index in [1.165, 1.54) is 6.92 Å². The topological polar surface area (TPSA) is 116 Å². The van der Waals surface area contributed by atoms with E-state index in [1.807, 2.05) is 0 Å². The molecule has 0 spiro atoms. The largest absolute Gasteiger partial charge is 0.390 e. The molecule has 0 aromatic heterocycles. The molecule has 4 atom stereocenters. The molecule has 0 rings (SSSR count). The Bertz CT molecular complexity index is 203. The van der Waals surface area contributed by atoms with Gasteiger partial charge >= 0.3 is 0 Å². The number of rotatable bonds is 6. The zero-order chi connectivity index (χ0) is 12.0. The summed E-state index contributed by atoms with van der Waals surface area (Å²) in [5.74, 6) is -0.340. The molecule has 0 heterocycles. The van der Waals surface area contributed by atoms with Crippen LogP contribution in [0.3, 0.4) is 0 Å². The number of aliphatic hydroxyl groups excluding tert-OH is 3. The Morgan fingerprint density at radius 1 is 1.47 bits per heavy atom. The molecule has 0 aliphatic rings. The third kappa shape index (κ3) is 5.63. The normalized spacial score (nSPS) is 19.1. The Morgan fingerprint density at radius 3 is 2.33 bits per heavy atom. The van der Waals surface area contributed by atoms with Crippen molar-refractivity contribution >= 4 is 5.91 Å². The maximum Gasteiger partial charge on any atom is 0.225 e. The van der Waals surface area contributed by atoms with Crippen LogP contribution >= 0.6 is 0 Å². The standard InChI is InChI=1S/C8H17FN2O4/c1-4(12)11-5(3-10)2-6(13)7(14)8(9)15/h5-8,13-15H,2-3,10H2,1H3,(H,11,12). The van der Waals surface area contributed by atoms with E-state index in [-0.39, 0.29) is 18.9 Å². The third-order valence-corrected chi connectivity index (χ3v) is 1.89. The molecule has 0 saturated carbocycles. The highest BCUT2D eigenvalue weighted by Crippen LogP contribution is 2.07. The number of halogens is 1. The van der Waals surface area contributed by atoms with Crippen molar-refractivity contribution in [2.45, 2.75) is 38.0 Å². The van der Waals surface area contributed by atoms with E-state index < -0.39 is 24.6 Å². The lowest BCUT2D eigenvalue weighted by Gasteiger charge is -2.23. The lowest BCUT2D eigenvalue weighted by Crippen LogP contribution is -2.45. The first kappa shape index (κ1) is 14.2. The summed E-state index contributed by atoms with van der Waals surface area (Å²) in [6.45, 7) is 1.32. The molecule has 90 valence electrons. The number of nitrogens with two attached hydrogens (primary N) is 1. The third-order valence-electron chi connectivity index (χ3n) is 1.89. The van der Waals surface area contributed by atoms with E-state index in [1.54, 1.807) is 0 Å². The maximum absolute atomic E-state index is 12.2. The fraction of sp³-hybridized carbons (Fsp3) is 0.875. The molecular formula is C8H17FN2O4. The highest BCUT2D eigenvalue weighted by Gasteiger charge is 2.26. The second-order valence-electron chi connectivity index (χ2n) is 3.30. The Balaban J connectivity index is 4.11. The molecule has 0 aromatic rings. The summed E-state index contributed by atoms with van der Waals surface area (Å²) in [5.41, 5.74) is 5.28. The SMILES string of the molecule is CC(=O)NC(CN)CC(O)C(O)C(O)F. The molecule has 7 heteroatoms. The van der Waals surface area contributed by atoms with E-state index in [0.717, 1.165) is 0 Å². The minimum atomic E-state index is -2.52. The van der Waals surface area contributed by atoms with Gasteiger partial charge in [0.25, 0.3) is 0 Å². The summed E-state index contributed by atoms with van der Waals surface area (Å²) in [6.07, 6.45) is -6.02. The van der Waals surface area contributed by atoms with Gasteiger partial charge in [0.2, 0.25) is 12.3 Å². The van der Waals surface area contributed by atoms with Gasteiger partial charge in [-0.1, -0.05) is 0 Å². The highest BCUT2D eigenvalue weighted by atomic mass is 19.1. The molecule has 0 bridgehead atoms. The van der Waals surface area contributed by atoms with Crippen LogP contribution < -0.4 is 11.1 Å². The Morgan fingerprint density at radius 2 is 2.00 bits per heavy atom. The minimum Gasteiger partial charge on any atom is -0.390 e. The predicted molar refractivity (Wildman–Crippen MR) is 50.4 cm³/mol. The number of carbonyl (C=O) groups is 1. The van der Waals surface area contributed by atoms with E-state index >= 15 is 0 Å². The molecule has 6 N–H and O–H groups in total. The lowest BCUT2D eigenvalue weighted by molar-refractivity contribution is -0.123. The fourth-order valence-corrected chi connectivity index (χ4v) is 1.12. The van der Waals surface area contributed by atoms with Gasteiger partial charge < -0.3 is 26.4 Å². The van der Waals surface area contributed by atoms with Crippen LogP contribution in [-0.4, -0.2) is 52.4 Å². The summed E-state index contributed by atoms with van der Waals surface area (Å²) >= 11 is 0. The van der Waals surface area contributed by atoms with Crippen molar-refractivity contribution in [2.24, 2.45) is 5.73 Å². The summed E-state index contributed by atoms with van der Waals surface area (Å²) in [6, 6.07) is -0.564. The van der Waals surface area contributed by atoms with Crippen molar-refractivity contribution in [3.05, 3.63) is 0 Å². The number of amides is 1. The van der Waals surface area contributed by atoms with Gasteiger partial charge in [-0.15, -0.1) is 0 Å². The van der Waals surface area contributed by atoms with Gasteiger partial charge in [0.15, 0.2) is 0 Å². The second-order valence-corrected chi connectivity index (χ2v) is 3.30. The predicted octanol–water partition coefficient (Wildman–Crippen LogP) is -2.15. The van der Waals surface area contributed by atoms with Crippen molar-refractivity contribution in [2.75, 3.05) is 6.54 Å². The van der Waals surface area contributed by atoms with Crippen molar-refractivity contribution in [3.63, 3.8) is 0 Å². The van der Waals surface area contributed by atoms with Crippen LogP contribution in [0.15, 0.2) is 0 Å². The number of hydrogen-bond donors (Lipinski definition) is 5. The van der Waals surface area contributed by atoms with Crippen LogP contribution in [0.2, 0.25) is 0 Å². The van der Waals surface area contributed by atoms with E-state index in [2.05, 4.69) is 5.32 Å². The molecule has 0 radical (unpaired) electrons. The first-order valence-electron chi connectivity index (χ1n) is 4.54. The summed E-state index contributed by atoms with van der Waals surface area (Å²) in [4.78, 5) is 10.7. The van der Waals surface area contributed by atoms with Crippen LogP contribution in [0, 0.1) is 0 Å². The minimum absolute atomic E-state index is 0.0474. The molecular weight excluding hydrogens is 207 g/mol. The Hall–Kier alpha value is -0.760. The number of hydrogen-bond acceptors (Lipinski definition) is 5. The van der Waals surface area contributed by atoms with Crippen molar-refractivity contribution in [1.29, 1.82) is 0 Å². The number of carbonyl (C=O) groups excluding carboxylic acids is 1. The van der Waals surface area contributed by atoms with Crippen LogP contribution in [0.5, 0.6) is 0 Å². The average molecular weight is 224 g/mol. The number of aliphatic hydroxyl groups is 3. The van der Waals surface area contributed by atoms with Crippen LogP contribution in [-0.2, 0) is 4.79 Å². The van der Waals surface area contributed by atoms with Gasteiger partial charge in [-0.05, 0) is 6.42 Å². The Kier molecular flexibility index (Phi) is 6.34. The lowest BCUT2D eigenvalue weighted by atomic mass is 10.0. The van der Waals surface area contributed by atoms with Crippen LogP contribution in [0.25, 0.3) is 0 Å². The quantitative estimate of drug-likeness (QED) is 0.353. The van der Waals surface area contributed by atoms with Gasteiger partial charge in [0.05, 0.1) is 6.10 Å². The molecule has 0 aromatic carbocycles. The van der Waals surface area contributed by atoms with Crippen LogP contribution in [0.1, 0.15) is 13.3 Å². The van der Waals surface area contributed by atoms with Crippen molar-refractivity contribution in [1.82, 2.24) is 5.32 Å². The first-order chi connectivity index (χ1) is 6.88. The van der Waals surface area contributed by atoms with Gasteiger partial charge in [0, 0.05) is 19.5 Å². The van der Waals surface area contributed by atoms with Crippen LogP contribution in [0.4, 0.5) is 4.39 Å². The second kappa shape index (κ2) is 6.67. The Labute approximate surface area is 86.9 Å². The first-order valence-corrected chi connectivity index (χ1v) is 4.54. The smallest absolute Gasteiger partial charge is 0.225 e. The van der Waals surface area contributed by atoms with Gasteiger partial charge in [-0.3, -0.25) is 4.79 Å². The molecule has 0 saturated heterocycles. The molecule has 6 nitrogen and oxygen atoms in total. The highest BCUT2D eigenvalue weighted by molar-refractivity contribution is 5.73. The average Bonchev–Trinajstić information content (AvgIpc) is 2.14. The molecule has 0 fully saturated rings. The van der Waals surface area contributed by atoms with E-state index in [0.29, 0.717) is 0 Å². The van der Waals surface area contributed by atoms with Crippen molar-refractivity contribution in [3.8, 4) is 0 Å².